The molecule has 0 bridgehead atoms. The van der Waals surface area contributed by atoms with Crippen LogP contribution in [0.25, 0.3) is 10.9 Å². The van der Waals surface area contributed by atoms with Crippen LogP contribution in [0.15, 0.2) is 64.7 Å². The number of benzene rings is 1. The second kappa shape index (κ2) is 9.25. The molecule has 2 aromatic heterocycles. The summed E-state index contributed by atoms with van der Waals surface area (Å²) in [7, 11) is -4.19. The van der Waals surface area contributed by atoms with Crippen molar-refractivity contribution in [3.05, 3.63) is 76.1 Å². The first-order valence-electron chi connectivity index (χ1n) is 12.1. The maximum absolute atomic E-state index is 14.6. The van der Waals surface area contributed by atoms with E-state index in [1.165, 1.54) is 22.2 Å². The van der Waals surface area contributed by atoms with Crippen molar-refractivity contribution in [2.75, 3.05) is 0 Å². The van der Waals surface area contributed by atoms with Crippen LogP contribution in [0.5, 0.6) is 0 Å². The summed E-state index contributed by atoms with van der Waals surface area (Å²) in [5, 5.41) is 5.49. The van der Waals surface area contributed by atoms with Gasteiger partial charge in [-0.05, 0) is 45.2 Å². The summed E-state index contributed by atoms with van der Waals surface area (Å²) in [4.78, 5) is 29.5. The number of hydrogen-bond donors (Lipinski definition) is 1. The van der Waals surface area contributed by atoms with Gasteiger partial charge in [0.2, 0.25) is 5.91 Å². The van der Waals surface area contributed by atoms with Crippen molar-refractivity contribution < 1.29 is 22.7 Å². The fourth-order valence-corrected chi connectivity index (χ4v) is 7.14. The number of para-hydroxylation sites is 1. The third-order valence-corrected chi connectivity index (χ3v) is 10.3. The highest BCUT2D eigenvalue weighted by atomic mass is 32.2. The second-order valence-corrected chi connectivity index (χ2v) is 13.0. The Morgan fingerprint density at radius 1 is 1.22 bits per heavy atom. The Kier molecular flexibility index (Phi) is 6.35. The molecule has 1 fully saturated rings. The van der Waals surface area contributed by atoms with Gasteiger partial charge < -0.3 is 10.1 Å². The Labute approximate surface area is 220 Å². The second-order valence-electron chi connectivity index (χ2n) is 10.1. The number of nitrogens with zero attached hydrogens (tertiary/aromatic N) is 2. The number of rotatable bonds is 9. The molecule has 194 valence electrons. The number of carbonyl (C=O) groups is 2. The van der Waals surface area contributed by atoms with E-state index in [-0.39, 0.29) is 48.0 Å². The number of hydrogen-bond acceptors (Lipinski definition) is 7. The molecule has 37 heavy (non-hydrogen) atoms. The fourth-order valence-electron chi connectivity index (χ4n) is 4.63. The van der Waals surface area contributed by atoms with Gasteiger partial charge >= 0.3 is 0 Å². The highest BCUT2D eigenvalue weighted by Crippen LogP contribution is 2.45. The molecule has 0 radical (unpaired) electrons. The van der Waals surface area contributed by atoms with Crippen LogP contribution in [-0.4, -0.2) is 33.8 Å². The average Bonchev–Trinajstić information content (AvgIpc) is 3.26. The van der Waals surface area contributed by atoms with E-state index in [1.807, 2.05) is 24.4 Å². The zero-order valence-corrected chi connectivity index (χ0v) is 22.6. The first-order valence-corrected chi connectivity index (χ1v) is 14.5. The number of fused-ring (bicyclic) bond motifs is 1. The van der Waals surface area contributed by atoms with Gasteiger partial charge in [-0.1, -0.05) is 37.3 Å². The van der Waals surface area contributed by atoms with Crippen LogP contribution in [-0.2, 0) is 37.5 Å². The maximum atomic E-state index is 14.6. The molecule has 1 N–H and O–H groups in total. The minimum absolute atomic E-state index is 0.0441. The summed E-state index contributed by atoms with van der Waals surface area (Å²) in [6.45, 7) is 5.00. The number of amides is 1. The molecule has 8 nitrogen and oxygen atoms in total. The van der Waals surface area contributed by atoms with Crippen LogP contribution in [0.3, 0.4) is 0 Å². The number of aromatic nitrogens is 2. The van der Waals surface area contributed by atoms with Crippen molar-refractivity contribution in [2.45, 2.75) is 57.9 Å². The molecule has 1 saturated carbocycles. The summed E-state index contributed by atoms with van der Waals surface area (Å²) in [6, 6.07) is 8.99. The van der Waals surface area contributed by atoms with Crippen LogP contribution in [0.4, 0.5) is 0 Å². The van der Waals surface area contributed by atoms with E-state index < -0.39 is 14.8 Å². The summed E-state index contributed by atoms with van der Waals surface area (Å²) in [5.41, 5.74) is 3.11. The van der Waals surface area contributed by atoms with Gasteiger partial charge in [-0.3, -0.25) is 9.59 Å². The van der Waals surface area contributed by atoms with Crippen molar-refractivity contribution in [1.29, 1.82) is 0 Å². The Balaban J connectivity index is 1.60. The number of Topliss-reactive ketones (excluding diaryl/α,β-unsaturated/α-hetero) is 1. The van der Waals surface area contributed by atoms with E-state index in [1.54, 1.807) is 42.8 Å². The van der Waals surface area contributed by atoms with E-state index in [2.05, 4.69) is 10.3 Å². The average molecular weight is 540 g/mol. The van der Waals surface area contributed by atoms with E-state index in [4.69, 9.17) is 4.74 Å². The first kappa shape index (κ1) is 25.4. The lowest BCUT2D eigenvalue weighted by atomic mass is 9.92. The molecule has 1 aromatic carbocycles. The summed E-state index contributed by atoms with van der Waals surface area (Å²) >= 11 is 1.41. The Morgan fingerprint density at radius 3 is 2.65 bits per heavy atom. The molecule has 0 saturated heterocycles. The maximum Gasteiger partial charge on any atom is 0.252 e. The van der Waals surface area contributed by atoms with Crippen molar-refractivity contribution in [3.63, 3.8) is 0 Å². The smallest absolute Gasteiger partial charge is 0.252 e. The zero-order valence-electron chi connectivity index (χ0n) is 21.0. The summed E-state index contributed by atoms with van der Waals surface area (Å²) in [5.74, 6) is -0.262. The highest BCUT2D eigenvalue weighted by Gasteiger charge is 2.49. The number of carbonyl (C=O) groups excluding carboxylic acids is 2. The molecule has 3 aromatic rings. The molecule has 2 heterocycles. The van der Waals surface area contributed by atoms with Crippen LogP contribution < -0.4 is 5.32 Å². The molecule has 1 atom stereocenters. The number of nitrogens with one attached hydrogen (secondary N) is 1. The molecule has 10 heteroatoms. The van der Waals surface area contributed by atoms with Crippen molar-refractivity contribution >= 4 is 44.0 Å². The monoisotopic (exact) mass is 539 g/mol. The predicted molar refractivity (Wildman–Crippen MR) is 142 cm³/mol. The number of ketones is 1. The van der Waals surface area contributed by atoms with Gasteiger partial charge in [0.15, 0.2) is 5.78 Å². The Bertz CT molecular complexity index is 1550. The van der Waals surface area contributed by atoms with Gasteiger partial charge in [0.25, 0.3) is 10.0 Å². The molecule has 1 amide bonds. The summed E-state index contributed by atoms with van der Waals surface area (Å²) < 4.78 is 35.0. The SMILES string of the molecule is CC(=O)C1=C(OCc2cscn2)C(C)(S(=O)(=O)n2c(CNC(=O)C3(C)CC3)cc3ccccc32)CC=C1. The zero-order chi connectivity index (χ0) is 26.4. The van der Waals surface area contributed by atoms with E-state index in [0.717, 1.165) is 18.2 Å². The van der Waals surface area contributed by atoms with Gasteiger partial charge in [0.1, 0.15) is 17.1 Å². The molecule has 1 unspecified atom stereocenters. The lowest BCUT2D eigenvalue weighted by Crippen LogP contribution is -2.44. The van der Waals surface area contributed by atoms with Gasteiger partial charge in [-0.2, -0.15) is 0 Å². The normalized spacial score (nSPS) is 20.7. The topological polar surface area (TPSA) is 107 Å². The van der Waals surface area contributed by atoms with Gasteiger partial charge in [0.05, 0.1) is 34.5 Å². The lowest BCUT2D eigenvalue weighted by molar-refractivity contribution is -0.125. The van der Waals surface area contributed by atoms with Crippen LogP contribution >= 0.6 is 11.3 Å². The van der Waals surface area contributed by atoms with E-state index >= 15 is 0 Å². The Morgan fingerprint density at radius 2 is 1.97 bits per heavy atom. The van der Waals surface area contributed by atoms with Crippen LogP contribution in [0.1, 0.15) is 51.4 Å². The first-order chi connectivity index (χ1) is 17.6. The van der Waals surface area contributed by atoms with Crippen molar-refractivity contribution in [3.8, 4) is 0 Å². The minimum atomic E-state index is -4.19. The molecular formula is C27H29N3O5S2. The fraction of sp³-hybridized carbons (Fsp3) is 0.370. The third kappa shape index (κ3) is 4.42. The van der Waals surface area contributed by atoms with Crippen molar-refractivity contribution in [1.82, 2.24) is 14.3 Å². The molecule has 0 spiro atoms. The quantitative estimate of drug-likeness (QED) is 0.430. The predicted octanol–water partition coefficient (Wildman–Crippen LogP) is 4.47. The molecule has 0 aliphatic heterocycles. The van der Waals surface area contributed by atoms with E-state index in [9.17, 15) is 18.0 Å². The molecular weight excluding hydrogens is 510 g/mol. The van der Waals surface area contributed by atoms with Crippen LogP contribution in [0.2, 0.25) is 0 Å². The number of allylic oxidation sites excluding steroid dienone is 3. The van der Waals surface area contributed by atoms with Gasteiger partial charge in [0, 0.05) is 16.2 Å². The number of ether oxygens (including phenoxy) is 1. The van der Waals surface area contributed by atoms with Gasteiger partial charge in [-0.25, -0.2) is 17.4 Å². The number of thiazole rings is 1. The molecule has 2 aliphatic rings. The standard InChI is InChI=1S/C27H29N3O5S2/c1-18(31)22-8-6-10-27(3,24(22)35-15-20-16-36-17-29-20)37(33,34)30-21(13-19-7-4-5-9-23(19)30)14-28-25(32)26(2)11-12-26/h4-9,13,16-17H,10-12,14-15H2,1-3H3,(H,28,32). The van der Waals surface area contributed by atoms with Crippen LogP contribution in [0, 0.1) is 5.41 Å². The minimum Gasteiger partial charge on any atom is -0.489 e. The lowest BCUT2D eigenvalue weighted by Gasteiger charge is -2.35. The largest absolute Gasteiger partial charge is 0.489 e. The summed E-state index contributed by atoms with van der Waals surface area (Å²) in [6.07, 6.45) is 5.09. The van der Waals surface area contributed by atoms with Gasteiger partial charge in [-0.15, -0.1) is 11.3 Å². The Hall–Kier alpha value is -3.24. The molecule has 5 rings (SSSR count). The van der Waals surface area contributed by atoms with E-state index in [0.29, 0.717) is 16.9 Å². The highest BCUT2D eigenvalue weighted by molar-refractivity contribution is 7.91. The molecule has 2 aliphatic carbocycles. The van der Waals surface area contributed by atoms with Crippen molar-refractivity contribution in [2.24, 2.45) is 5.41 Å². The third-order valence-electron chi connectivity index (χ3n) is 7.27.